The highest BCUT2D eigenvalue weighted by molar-refractivity contribution is 5.92. The highest BCUT2D eigenvalue weighted by atomic mass is 16.6. The van der Waals surface area contributed by atoms with Crippen LogP contribution in [0.25, 0.3) is 0 Å². The summed E-state index contributed by atoms with van der Waals surface area (Å²) in [6.45, 7) is 5.88. The maximum absolute atomic E-state index is 12.1. The van der Waals surface area contributed by atoms with E-state index in [0.717, 1.165) is 0 Å². The summed E-state index contributed by atoms with van der Waals surface area (Å²) in [6, 6.07) is 1.35. The summed E-state index contributed by atoms with van der Waals surface area (Å²) in [7, 11) is 0. The molecule has 1 aliphatic heterocycles. The van der Waals surface area contributed by atoms with E-state index < -0.39 is 17.7 Å². The average Bonchev–Trinajstić information content (AvgIpc) is 2.35. The van der Waals surface area contributed by atoms with Crippen LogP contribution in [0.2, 0.25) is 0 Å². The van der Waals surface area contributed by atoms with Crippen LogP contribution in [-0.4, -0.2) is 40.9 Å². The summed E-state index contributed by atoms with van der Waals surface area (Å²) < 4.78 is 10.6. The van der Waals surface area contributed by atoms with E-state index in [0.29, 0.717) is 6.54 Å². The van der Waals surface area contributed by atoms with Crippen molar-refractivity contribution in [3.8, 4) is 5.75 Å². The zero-order valence-corrected chi connectivity index (χ0v) is 11.5. The van der Waals surface area contributed by atoms with Crippen molar-refractivity contribution in [2.24, 2.45) is 0 Å². The molecule has 0 radical (unpaired) electrons. The van der Waals surface area contributed by atoms with E-state index in [9.17, 15) is 9.59 Å². The summed E-state index contributed by atoms with van der Waals surface area (Å²) >= 11 is 0. The van der Waals surface area contributed by atoms with Gasteiger partial charge in [0.05, 0.1) is 12.1 Å². The number of carbonyl (C=O) groups is 2. The van der Waals surface area contributed by atoms with Gasteiger partial charge in [-0.25, -0.2) is 14.6 Å². The van der Waals surface area contributed by atoms with Crippen LogP contribution in [0.5, 0.6) is 5.75 Å². The Labute approximate surface area is 116 Å². The lowest BCUT2D eigenvalue weighted by Gasteiger charge is -2.30. The summed E-state index contributed by atoms with van der Waals surface area (Å²) in [6.07, 6.45) is 0.658. The van der Waals surface area contributed by atoms with Crippen LogP contribution in [0.3, 0.4) is 0 Å². The van der Waals surface area contributed by atoms with Gasteiger partial charge in [-0.15, -0.1) is 0 Å². The van der Waals surface area contributed by atoms with Crippen molar-refractivity contribution in [1.82, 2.24) is 4.98 Å². The number of anilines is 1. The van der Waals surface area contributed by atoms with Gasteiger partial charge in [0.25, 0.3) is 0 Å². The molecule has 2 heterocycles. The molecule has 7 heteroatoms. The molecule has 1 aromatic heterocycles. The van der Waals surface area contributed by atoms with Crippen molar-refractivity contribution >= 4 is 17.9 Å². The number of amides is 1. The minimum Gasteiger partial charge on any atom is -0.488 e. The highest BCUT2D eigenvalue weighted by Crippen LogP contribution is 2.31. The summed E-state index contributed by atoms with van der Waals surface area (Å²) in [5, 5.41) is 8.91. The van der Waals surface area contributed by atoms with Gasteiger partial charge in [0.15, 0.2) is 11.6 Å². The molecule has 1 N–H and O–H groups in total. The highest BCUT2D eigenvalue weighted by Gasteiger charge is 2.29. The van der Waals surface area contributed by atoms with Crippen LogP contribution in [0.4, 0.5) is 10.6 Å². The van der Waals surface area contributed by atoms with Gasteiger partial charge in [-0.05, 0) is 20.8 Å². The molecule has 108 valence electrons. The topological polar surface area (TPSA) is 89.0 Å². The number of fused-ring (bicyclic) bond motifs is 1. The van der Waals surface area contributed by atoms with Crippen molar-refractivity contribution in [3.63, 3.8) is 0 Å². The number of ether oxygens (including phenoxy) is 2. The number of hydrogen-bond acceptors (Lipinski definition) is 5. The van der Waals surface area contributed by atoms with Gasteiger partial charge in [0.2, 0.25) is 0 Å². The first-order valence-corrected chi connectivity index (χ1v) is 6.14. The van der Waals surface area contributed by atoms with Crippen molar-refractivity contribution in [1.29, 1.82) is 0 Å². The van der Waals surface area contributed by atoms with Gasteiger partial charge in [0.1, 0.15) is 12.2 Å². The minimum atomic E-state index is -1.10. The van der Waals surface area contributed by atoms with Crippen molar-refractivity contribution in [3.05, 3.63) is 17.8 Å². The zero-order chi connectivity index (χ0) is 14.9. The Morgan fingerprint density at radius 3 is 2.75 bits per heavy atom. The third-order valence-corrected chi connectivity index (χ3v) is 2.52. The van der Waals surface area contributed by atoms with E-state index in [4.69, 9.17) is 14.6 Å². The average molecular weight is 280 g/mol. The molecular weight excluding hydrogens is 264 g/mol. The maximum atomic E-state index is 12.1. The largest absolute Gasteiger partial charge is 0.488 e. The standard InChI is InChI=1S/C13H16N2O5/c1-13(2,3)20-12(18)15-4-5-19-9-6-8(11(16)17)7-14-10(9)15/h6-7H,4-5H2,1-3H3,(H,16,17). The first-order chi connectivity index (χ1) is 9.28. The van der Waals surface area contributed by atoms with Crippen LogP contribution < -0.4 is 9.64 Å². The van der Waals surface area contributed by atoms with E-state index in [1.807, 2.05) is 0 Å². The maximum Gasteiger partial charge on any atom is 0.416 e. The van der Waals surface area contributed by atoms with Gasteiger partial charge in [-0.3, -0.25) is 4.90 Å². The molecule has 0 fully saturated rings. The second kappa shape index (κ2) is 4.99. The number of carboxylic acids is 1. The fourth-order valence-corrected chi connectivity index (χ4v) is 1.71. The van der Waals surface area contributed by atoms with Gasteiger partial charge >= 0.3 is 12.1 Å². The number of carbonyl (C=O) groups excluding carboxylic acids is 1. The van der Waals surface area contributed by atoms with Crippen LogP contribution in [-0.2, 0) is 4.74 Å². The molecule has 20 heavy (non-hydrogen) atoms. The normalized spacial score (nSPS) is 14.2. The van der Waals surface area contributed by atoms with Crippen LogP contribution >= 0.6 is 0 Å². The van der Waals surface area contributed by atoms with Crippen molar-refractivity contribution in [2.75, 3.05) is 18.1 Å². The number of aromatic carboxylic acids is 1. The van der Waals surface area contributed by atoms with E-state index in [1.165, 1.54) is 17.2 Å². The van der Waals surface area contributed by atoms with E-state index >= 15 is 0 Å². The lowest BCUT2D eigenvalue weighted by atomic mass is 10.2. The number of hydrogen-bond donors (Lipinski definition) is 1. The monoisotopic (exact) mass is 280 g/mol. The summed E-state index contributed by atoms with van der Waals surface area (Å²) in [5.41, 5.74) is -0.605. The Morgan fingerprint density at radius 1 is 1.45 bits per heavy atom. The number of nitrogens with zero attached hydrogens (tertiary/aromatic N) is 2. The first kappa shape index (κ1) is 14.1. The van der Waals surface area contributed by atoms with E-state index in [-0.39, 0.29) is 23.7 Å². The molecule has 0 bridgehead atoms. The van der Waals surface area contributed by atoms with Gasteiger partial charge in [-0.1, -0.05) is 0 Å². The molecule has 0 atom stereocenters. The summed E-state index contributed by atoms with van der Waals surface area (Å²) in [5.74, 6) is -0.559. The Kier molecular flexibility index (Phi) is 3.52. The third kappa shape index (κ3) is 2.98. The van der Waals surface area contributed by atoms with Gasteiger partial charge in [0, 0.05) is 12.3 Å². The summed E-state index contributed by atoms with van der Waals surface area (Å²) in [4.78, 5) is 28.3. The second-order valence-electron chi connectivity index (χ2n) is 5.33. The number of rotatable bonds is 1. The van der Waals surface area contributed by atoms with Crippen LogP contribution in [0.1, 0.15) is 31.1 Å². The third-order valence-electron chi connectivity index (χ3n) is 2.52. The molecule has 0 saturated heterocycles. The Balaban J connectivity index is 2.29. The number of pyridine rings is 1. The number of aromatic nitrogens is 1. The quantitative estimate of drug-likeness (QED) is 0.845. The molecular formula is C13H16N2O5. The predicted octanol–water partition coefficient (Wildman–Crippen LogP) is 1.91. The molecule has 0 spiro atoms. The molecule has 0 aliphatic carbocycles. The van der Waals surface area contributed by atoms with E-state index in [1.54, 1.807) is 20.8 Å². The Bertz CT molecular complexity index is 550. The fourth-order valence-electron chi connectivity index (χ4n) is 1.71. The Morgan fingerprint density at radius 2 is 2.15 bits per heavy atom. The number of carboxylic acid groups (broad SMARTS) is 1. The fraction of sp³-hybridized carbons (Fsp3) is 0.462. The molecule has 1 amide bonds. The minimum absolute atomic E-state index is 0.00906. The molecule has 1 aromatic rings. The molecule has 7 nitrogen and oxygen atoms in total. The SMILES string of the molecule is CC(C)(C)OC(=O)N1CCOc2cc(C(=O)O)cnc21. The second-order valence-corrected chi connectivity index (χ2v) is 5.33. The predicted molar refractivity (Wildman–Crippen MR) is 70.3 cm³/mol. The molecule has 0 aromatic carbocycles. The Hall–Kier alpha value is -2.31. The van der Waals surface area contributed by atoms with Gasteiger partial charge < -0.3 is 14.6 Å². The van der Waals surface area contributed by atoms with Crippen LogP contribution in [0.15, 0.2) is 12.3 Å². The zero-order valence-electron chi connectivity index (χ0n) is 11.5. The van der Waals surface area contributed by atoms with Crippen LogP contribution in [0, 0.1) is 0 Å². The molecule has 1 aliphatic rings. The van der Waals surface area contributed by atoms with E-state index in [2.05, 4.69) is 4.98 Å². The van der Waals surface area contributed by atoms with Crippen molar-refractivity contribution < 1.29 is 24.2 Å². The van der Waals surface area contributed by atoms with Crippen molar-refractivity contribution in [2.45, 2.75) is 26.4 Å². The van der Waals surface area contributed by atoms with Gasteiger partial charge in [-0.2, -0.15) is 0 Å². The first-order valence-electron chi connectivity index (χ1n) is 6.14. The molecule has 0 unspecified atom stereocenters. The lowest BCUT2D eigenvalue weighted by Crippen LogP contribution is -2.42. The molecule has 2 rings (SSSR count). The smallest absolute Gasteiger partial charge is 0.416 e. The molecule has 0 saturated carbocycles. The lowest BCUT2D eigenvalue weighted by molar-refractivity contribution is 0.0566.